The van der Waals surface area contributed by atoms with E-state index in [0.717, 1.165) is 24.3 Å². The molecule has 27 heavy (non-hydrogen) atoms. The van der Waals surface area contributed by atoms with Crippen molar-refractivity contribution in [2.24, 2.45) is 0 Å². The number of aliphatic hydroxyl groups excluding tert-OH is 1. The normalized spacial score (nSPS) is 12.6. The fourth-order valence-corrected chi connectivity index (χ4v) is 2.55. The molecule has 0 aliphatic carbocycles. The van der Waals surface area contributed by atoms with Crippen LogP contribution in [0.4, 0.5) is 13.2 Å². The highest BCUT2D eigenvalue weighted by Crippen LogP contribution is 2.36. The van der Waals surface area contributed by atoms with E-state index in [-0.39, 0.29) is 17.9 Å². The molecule has 1 aromatic carbocycles. The lowest BCUT2D eigenvalue weighted by atomic mass is 9.91. The molecule has 2 aromatic rings. The standard InChI is InChI=1S/C18H17F3O6/c1-2-26-15(24)8-13(10-4-3-5-11(6-10)18(19,20)21)17-16(25)14(23)7-12(9-22)27-17/h3-7,13,22,25H,2,8-9H2,1H3/t13-/m0/s1. The zero-order valence-corrected chi connectivity index (χ0v) is 14.2. The molecule has 0 aliphatic rings. The van der Waals surface area contributed by atoms with Gasteiger partial charge in [-0.3, -0.25) is 9.59 Å². The summed E-state index contributed by atoms with van der Waals surface area (Å²) in [4.78, 5) is 23.8. The number of halogens is 3. The number of carbonyl (C=O) groups excluding carboxylic acids is 1. The largest absolute Gasteiger partial charge is 0.502 e. The first-order valence-corrected chi connectivity index (χ1v) is 7.96. The van der Waals surface area contributed by atoms with Crippen molar-refractivity contribution in [3.8, 4) is 5.75 Å². The van der Waals surface area contributed by atoms with Gasteiger partial charge in [-0.15, -0.1) is 0 Å². The number of hydrogen-bond acceptors (Lipinski definition) is 6. The summed E-state index contributed by atoms with van der Waals surface area (Å²) in [6.45, 7) is 0.930. The summed E-state index contributed by atoms with van der Waals surface area (Å²) in [5.74, 6) is -3.44. The Morgan fingerprint density at radius 2 is 2.00 bits per heavy atom. The number of aliphatic hydroxyl groups is 1. The van der Waals surface area contributed by atoms with Gasteiger partial charge in [-0.05, 0) is 18.6 Å². The van der Waals surface area contributed by atoms with Gasteiger partial charge in [-0.25, -0.2) is 0 Å². The van der Waals surface area contributed by atoms with Crippen LogP contribution in [0.1, 0.15) is 41.9 Å². The van der Waals surface area contributed by atoms with Gasteiger partial charge in [0, 0.05) is 6.07 Å². The molecule has 2 rings (SSSR count). The maximum absolute atomic E-state index is 13.0. The summed E-state index contributed by atoms with van der Waals surface area (Å²) in [5.41, 5.74) is -1.86. The van der Waals surface area contributed by atoms with E-state index in [1.165, 1.54) is 6.07 Å². The quantitative estimate of drug-likeness (QED) is 0.741. The number of benzene rings is 1. The average Bonchev–Trinajstić information content (AvgIpc) is 2.62. The Balaban J connectivity index is 2.62. The molecule has 0 aliphatic heterocycles. The van der Waals surface area contributed by atoms with Crippen LogP contribution in [0.2, 0.25) is 0 Å². The minimum absolute atomic E-state index is 0.00795. The molecule has 0 saturated carbocycles. The van der Waals surface area contributed by atoms with Gasteiger partial charge in [0.05, 0.1) is 24.5 Å². The predicted octanol–water partition coefficient (Wildman–Crippen LogP) is 2.94. The van der Waals surface area contributed by atoms with E-state index < -0.39 is 53.6 Å². The minimum Gasteiger partial charge on any atom is -0.502 e. The molecular weight excluding hydrogens is 369 g/mol. The fourth-order valence-electron chi connectivity index (χ4n) is 2.55. The highest BCUT2D eigenvalue weighted by Gasteiger charge is 2.33. The van der Waals surface area contributed by atoms with Gasteiger partial charge in [0.25, 0.3) is 0 Å². The summed E-state index contributed by atoms with van der Waals surface area (Å²) in [6, 6.07) is 4.96. The van der Waals surface area contributed by atoms with Gasteiger partial charge in [-0.1, -0.05) is 18.2 Å². The predicted molar refractivity (Wildman–Crippen MR) is 87.1 cm³/mol. The molecule has 0 radical (unpaired) electrons. The summed E-state index contributed by atoms with van der Waals surface area (Å²) < 4.78 is 49.2. The SMILES string of the molecule is CCOC(=O)C[C@@H](c1cccc(C(F)(F)F)c1)c1oc(CO)cc(=O)c1O. The number of aromatic hydroxyl groups is 1. The van der Waals surface area contributed by atoms with Crippen LogP contribution >= 0.6 is 0 Å². The van der Waals surface area contributed by atoms with Crippen molar-refractivity contribution in [1.29, 1.82) is 0 Å². The van der Waals surface area contributed by atoms with E-state index in [9.17, 15) is 33.0 Å². The highest BCUT2D eigenvalue weighted by atomic mass is 19.4. The van der Waals surface area contributed by atoms with Crippen molar-refractivity contribution in [1.82, 2.24) is 0 Å². The van der Waals surface area contributed by atoms with Crippen molar-refractivity contribution in [3.05, 3.63) is 63.2 Å². The molecule has 1 atom stereocenters. The van der Waals surface area contributed by atoms with E-state index in [1.807, 2.05) is 0 Å². The second-order valence-corrected chi connectivity index (χ2v) is 5.63. The van der Waals surface area contributed by atoms with E-state index in [2.05, 4.69) is 0 Å². The lowest BCUT2D eigenvalue weighted by molar-refractivity contribution is -0.143. The van der Waals surface area contributed by atoms with Gasteiger partial charge >= 0.3 is 12.1 Å². The molecule has 6 nitrogen and oxygen atoms in total. The first-order chi connectivity index (χ1) is 12.7. The van der Waals surface area contributed by atoms with E-state index in [0.29, 0.717) is 0 Å². The topological polar surface area (TPSA) is 97.0 Å². The summed E-state index contributed by atoms with van der Waals surface area (Å²) in [5, 5.41) is 19.3. The summed E-state index contributed by atoms with van der Waals surface area (Å²) in [6.07, 6.45) is -5.10. The van der Waals surface area contributed by atoms with Crippen LogP contribution in [0.15, 0.2) is 39.5 Å². The van der Waals surface area contributed by atoms with Crippen molar-refractivity contribution in [3.63, 3.8) is 0 Å². The molecule has 0 amide bonds. The van der Waals surface area contributed by atoms with Gasteiger partial charge in [0.1, 0.15) is 12.4 Å². The molecule has 9 heteroatoms. The van der Waals surface area contributed by atoms with Crippen LogP contribution < -0.4 is 5.43 Å². The molecule has 1 aromatic heterocycles. The van der Waals surface area contributed by atoms with Gasteiger partial charge in [0.15, 0.2) is 5.76 Å². The average molecular weight is 386 g/mol. The number of ether oxygens (including phenoxy) is 1. The second kappa shape index (κ2) is 8.26. The fraction of sp³-hybridized carbons (Fsp3) is 0.333. The van der Waals surface area contributed by atoms with Crippen LogP contribution in [-0.4, -0.2) is 22.8 Å². The summed E-state index contributed by atoms with van der Waals surface area (Å²) >= 11 is 0. The molecule has 0 bridgehead atoms. The van der Waals surface area contributed by atoms with E-state index in [4.69, 9.17) is 9.15 Å². The summed E-state index contributed by atoms with van der Waals surface area (Å²) in [7, 11) is 0. The lowest BCUT2D eigenvalue weighted by Crippen LogP contribution is -2.15. The van der Waals surface area contributed by atoms with Crippen molar-refractivity contribution < 1.29 is 37.3 Å². The number of esters is 1. The third-order valence-corrected chi connectivity index (χ3v) is 3.76. The van der Waals surface area contributed by atoms with Gasteiger partial charge in [-0.2, -0.15) is 13.2 Å². The Hall–Kier alpha value is -2.81. The maximum atomic E-state index is 13.0. The molecule has 0 fully saturated rings. The smallest absolute Gasteiger partial charge is 0.416 e. The molecule has 0 unspecified atom stereocenters. The van der Waals surface area contributed by atoms with Crippen LogP contribution in [0.3, 0.4) is 0 Å². The third-order valence-electron chi connectivity index (χ3n) is 3.76. The van der Waals surface area contributed by atoms with Crippen LogP contribution in [0, 0.1) is 0 Å². The maximum Gasteiger partial charge on any atom is 0.416 e. The molecule has 2 N–H and O–H groups in total. The molecule has 0 spiro atoms. The Kier molecular flexibility index (Phi) is 6.27. The molecule has 0 saturated heterocycles. The lowest BCUT2D eigenvalue weighted by Gasteiger charge is -2.18. The monoisotopic (exact) mass is 386 g/mol. The Morgan fingerprint density at radius 3 is 2.59 bits per heavy atom. The van der Waals surface area contributed by atoms with Gasteiger partial charge in [0.2, 0.25) is 11.2 Å². The van der Waals surface area contributed by atoms with Crippen molar-refractivity contribution in [2.75, 3.05) is 6.61 Å². The number of rotatable bonds is 6. The Bertz CT molecular complexity index is 872. The van der Waals surface area contributed by atoms with Crippen LogP contribution in [0.5, 0.6) is 5.75 Å². The van der Waals surface area contributed by atoms with E-state index in [1.54, 1.807) is 6.92 Å². The molecule has 146 valence electrons. The zero-order valence-electron chi connectivity index (χ0n) is 14.2. The molecule has 1 heterocycles. The van der Waals surface area contributed by atoms with Crippen LogP contribution in [-0.2, 0) is 22.3 Å². The van der Waals surface area contributed by atoms with Crippen molar-refractivity contribution >= 4 is 5.97 Å². The van der Waals surface area contributed by atoms with Gasteiger partial charge < -0.3 is 19.4 Å². The Morgan fingerprint density at radius 1 is 1.30 bits per heavy atom. The van der Waals surface area contributed by atoms with Crippen LogP contribution in [0.25, 0.3) is 0 Å². The molecular formula is C18H17F3O6. The number of alkyl halides is 3. The van der Waals surface area contributed by atoms with E-state index >= 15 is 0 Å². The zero-order chi connectivity index (χ0) is 20.2. The number of carbonyl (C=O) groups is 1. The first-order valence-electron chi connectivity index (χ1n) is 7.96. The minimum atomic E-state index is -4.62. The first kappa shape index (κ1) is 20.5. The highest BCUT2D eigenvalue weighted by molar-refractivity contribution is 5.71. The van der Waals surface area contributed by atoms with Crippen molar-refractivity contribution in [2.45, 2.75) is 32.0 Å². The third kappa shape index (κ3) is 4.88. The number of hydrogen-bond donors (Lipinski definition) is 2. The second-order valence-electron chi connectivity index (χ2n) is 5.63. The Labute approximate surface area is 151 Å².